The first-order valence-corrected chi connectivity index (χ1v) is 8.61. The van der Waals surface area contributed by atoms with Gasteiger partial charge in [0.05, 0.1) is 11.8 Å². The summed E-state index contributed by atoms with van der Waals surface area (Å²) in [5.41, 5.74) is 0.628. The number of benzene rings is 2. The van der Waals surface area contributed by atoms with Gasteiger partial charge in [0, 0.05) is 17.5 Å². The molecule has 0 bridgehead atoms. The molecule has 7 nitrogen and oxygen atoms in total. The van der Waals surface area contributed by atoms with Gasteiger partial charge in [-0.25, -0.2) is 4.79 Å². The number of phenolic OH excluding ortho intramolecular Hbond substituents is 2. The van der Waals surface area contributed by atoms with Crippen LogP contribution in [0, 0.1) is 6.92 Å². The van der Waals surface area contributed by atoms with E-state index in [1.54, 1.807) is 19.1 Å². The van der Waals surface area contributed by atoms with Crippen molar-refractivity contribution in [2.75, 3.05) is 0 Å². The van der Waals surface area contributed by atoms with E-state index in [1.807, 2.05) is 0 Å². The molecule has 28 heavy (non-hydrogen) atoms. The monoisotopic (exact) mass is 380 g/mol. The van der Waals surface area contributed by atoms with Crippen molar-refractivity contribution >= 4 is 22.7 Å². The van der Waals surface area contributed by atoms with Gasteiger partial charge in [0.25, 0.3) is 0 Å². The fraction of sp³-hybridized carbons (Fsp3) is 0.190. The number of fused-ring (bicyclic) bond motifs is 3. The summed E-state index contributed by atoms with van der Waals surface area (Å²) in [6.07, 6.45) is -0.0780. The maximum Gasteiger partial charge on any atom is 0.336 e. The number of aromatic hydroxyl groups is 2. The predicted molar refractivity (Wildman–Crippen MR) is 99.1 cm³/mol. The fourth-order valence-electron chi connectivity index (χ4n) is 3.76. The van der Waals surface area contributed by atoms with Crippen molar-refractivity contribution in [3.63, 3.8) is 0 Å². The number of Topliss-reactive ketones (excluding diaryl/α,β-unsaturated/α-hetero) is 1. The summed E-state index contributed by atoms with van der Waals surface area (Å²) in [5.74, 6) is -2.23. The molecule has 0 saturated carbocycles. The lowest BCUT2D eigenvalue weighted by Crippen LogP contribution is -2.23. The highest BCUT2D eigenvalue weighted by atomic mass is 16.5. The van der Waals surface area contributed by atoms with Gasteiger partial charge in [0.15, 0.2) is 11.5 Å². The zero-order valence-corrected chi connectivity index (χ0v) is 15.1. The molecule has 4 rings (SSSR count). The fourth-order valence-corrected chi connectivity index (χ4v) is 3.76. The third kappa shape index (κ3) is 2.63. The molecule has 1 aliphatic heterocycles. The van der Waals surface area contributed by atoms with Gasteiger partial charge in [0.1, 0.15) is 22.6 Å². The number of carbonyl (C=O) groups is 2. The lowest BCUT2D eigenvalue weighted by molar-refractivity contribution is -0.135. The van der Waals surface area contributed by atoms with Gasteiger partial charge in [-0.2, -0.15) is 0 Å². The molecule has 0 fully saturated rings. The molecule has 1 atom stereocenters. The second-order valence-electron chi connectivity index (χ2n) is 6.80. The smallest absolute Gasteiger partial charge is 0.336 e. The minimum Gasteiger partial charge on any atom is -0.508 e. The van der Waals surface area contributed by atoms with Crippen LogP contribution >= 0.6 is 0 Å². The Morgan fingerprint density at radius 2 is 1.93 bits per heavy atom. The van der Waals surface area contributed by atoms with Crippen LogP contribution in [0.1, 0.15) is 46.3 Å². The molecule has 0 radical (unpaired) electrons. The van der Waals surface area contributed by atoms with Crippen molar-refractivity contribution in [1.29, 1.82) is 0 Å². The average molecular weight is 380 g/mol. The van der Waals surface area contributed by atoms with Crippen LogP contribution < -0.4 is 10.4 Å². The lowest BCUT2D eigenvalue weighted by Gasteiger charge is -2.28. The standard InChI is InChI=1S/C21H16O7/c1-9-6-14(24)27-20-16(9)19(26)17(10(2)22)21-18(20)13(8-15(25)28-21)11-4-3-5-12(23)7-11/h3-7,13,23,26H,8H2,1-2H3/t13-/m0/s1. The molecule has 1 aromatic heterocycles. The van der Waals surface area contributed by atoms with Crippen LogP contribution in [0.25, 0.3) is 11.0 Å². The van der Waals surface area contributed by atoms with Crippen LogP contribution in [-0.4, -0.2) is 22.0 Å². The number of carbonyl (C=O) groups excluding carboxylic acids is 2. The molecule has 7 heteroatoms. The number of ketones is 1. The van der Waals surface area contributed by atoms with E-state index >= 15 is 0 Å². The normalized spacial score (nSPS) is 15.9. The predicted octanol–water partition coefficient (Wildman–Crippen LogP) is 3.16. The van der Waals surface area contributed by atoms with Gasteiger partial charge in [-0.15, -0.1) is 0 Å². The molecule has 0 amide bonds. The number of rotatable bonds is 2. The third-order valence-electron chi connectivity index (χ3n) is 4.91. The summed E-state index contributed by atoms with van der Waals surface area (Å²) < 4.78 is 10.7. The minimum absolute atomic E-state index is 0.00509. The van der Waals surface area contributed by atoms with Gasteiger partial charge >= 0.3 is 11.6 Å². The van der Waals surface area contributed by atoms with Crippen molar-refractivity contribution in [3.05, 3.63) is 63.0 Å². The Morgan fingerprint density at radius 1 is 1.18 bits per heavy atom. The van der Waals surface area contributed by atoms with Gasteiger partial charge in [-0.05, 0) is 37.1 Å². The van der Waals surface area contributed by atoms with E-state index in [4.69, 9.17) is 9.15 Å². The Balaban J connectivity index is 2.19. The minimum atomic E-state index is -0.631. The maximum atomic E-state index is 12.3. The number of hydrogen-bond acceptors (Lipinski definition) is 7. The molecule has 2 aromatic carbocycles. The second-order valence-corrected chi connectivity index (χ2v) is 6.80. The number of aryl methyl sites for hydroxylation is 1. The SMILES string of the molecule is CC(=O)c1c2c(c3oc(=O)cc(C)c3c1O)[C@H](c1cccc(O)c1)CC(=O)O2. The van der Waals surface area contributed by atoms with Crippen molar-refractivity contribution < 1.29 is 29.0 Å². The van der Waals surface area contributed by atoms with E-state index in [9.17, 15) is 24.6 Å². The first-order valence-electron chi connectivity index (χ1n) is 8.61. The largest absolute Gasteiger partial charge is 0.508 e. The summed E-state index contributed by atoms with van der Waals surface area (Å²) in [6.45, 7) is 2.87. The number of hydrogen-bond donors (Lipinski definition) is 2. The molecule has 2 N–H and O–H groups in total. The van der Waals surface area contributed by atoms with Crippen molar-refractivity contribution in [3.8, 4) is 17.2 Å². The van der Waals surface area contributed by atoms with E-state index in [0.29, 0.717) is 16.7 Å². The summed E-state index contributed by atoms with van der Waals surface area (Å²) in [6, 6.07) is 7.54. The Morgan fingerprint density at radius 3 is 2.61 bits per heavy atom. The van der Waals surface area contributed by atoms with Crippen LogP contribution in [-0.2, 0) is 4.79 Å². The molecule has 3 aromatic rings. The average Bonchev–Trinajstić information content (AvgIpc) is 2.59. The third-order valence-corrected chi connectivity index (χ3v) is 4.91. The van der Waals surface area contributed by atoms with Gasteiger partial charge in [-0.3, -0.25) is 9.59 Å². The molecular weight excluding hydrogens is 364 g/mol. The molecule has 142 valence electrons. The van der Waals surface area contributed by atoms with E-state index in [2.05, 4.69) is 0 Å². The van der Waals surface area contributed by atoms with E-state index in [0.717, 1.165) is 0 Å². The molecule has 0 spiro atoms. The molecule has 0 saturated heterocycles. The molecule has 2 heterocycles. The number of esters is 1. The Kier molecular flexibility index (Phi) is 3.96. The van der Waals surface area contributed by atoms with Gasteiger partial charge in [-0.1, -0.05) is 12.1 Å². The van der Waals surface area contributed by atoms with E-state index in [-0.39, 0.29) is 34.5 Å². The van der Waals surface area contributed by atoms with Gasteiger partial charge in [0.2, 0.25) is 0 Å². The lowest BCUT2D eigenvalue weighted by atomic mass is 9.82. The summed E-state index contributed by atoms with van der Waals surface area (Å²) in [5, 5.41) is 20.8. The second kappa shape index (κ2) is 6.23. The molecular formula is C21H16O7. The Labute approximate surface area is 158 Å². The van der Waals surface area contributed by atoms with E-state index in [1.165, 1.54) is 25.1 Å². The van der Waals surface area contributed by atoms with Crippen LogP contribution in [0.3, 0.4) is 0 Å². The first-order chi connectivity index (χ1) is 13.3. The zero-order chi connectivity index (χ0) is 20.2. The molecule has 0 aliphatic carbocycles. The summed E-state index contributed by atoms with van der Waals surface area (Å²) >= 11 is 0. The maximum absolute atomic E-state index is 12.3. The van der Waals surface area contributed by atoms with Crippen LogP contribution in [0.5, 0.6) is 17.2 Å². The molecule has 1 aliphatic rings. The van der Waals surface area contributed by atoms with Crippen molar-refractivity contribution in [2.24, 2.45) is 0 Å². The van der Waals surface area contributed by atoms with Crippen molar-refractivity contribution in [1.82, 2.24) is 0 Å². The van der Waals surface area contributed by atoms with E-state index < -0.39 is 29.0 Å². The number of ether oxygens (including phenoxy) is 1. The summed E-state index contributed by atoms with van der Waals surface area (Å²) in [7, 11) is 0. The highest BCUT2D eigenvalue weighted by molar-refractivity contribution is 6.09. The van der Waals surface area contributed by atoms with Crippen LogP contribution in [0.4, 0.5) is 0 Å². The number of phenols is 2. The first kappa shape index (κ1) is 17.8. The highest BCUT2D eigenvalue weighted by Crippen LogP contribution is 2.49. The molecule has 0 unspecified atom stereocenters. The Hall–Kier alpha value is -3.61. The summed E-state index contributed by atoms with van der Waals surface area (Å²) in [4.78, 5) is 36.6. The zero-order valence-electron chi connectivity index (χ0n) is 15.1. The quantitative estimate of drug-likeness (QED) is 0.304. The van der Waals surface area contributed by atoms with Crippen LogP contribution in [0.15, 0.2) is 39.5 Å². The highest BCUT2D eigenvalue weighted by Gasteiger charge is 2.37. The van der Waals surface area contributed by atoms with Crippen LogP contribution in [0.2, 0.25) is 0 Å². The topological polar surface area (TPSA) is 114 Å². The van der Waals surface area contributed by atoms with Gasteiger partial charge < -0.3 is 19.4 Å². The van der Waals surface area contributed by atoms with Crippen molar-refractivity contribution in [2.45, 2.75) is 26.2 Å². The Bertz CT molecular complexity index is 1220.